The first-order chi connectivity index (χ1) is 4.61. The van der Waals surface area contributed by atoms with Gasteiger partial charge in [0.05, 0.1) is 0 Å². The van der Waals surface area contributed by atoms with Crippen molar-refractivity contribution in [2.24, 2.45) is 7.05 Å². The normalized spacial score (nSPS) is 9.80. The minimum absolute atomic E-state index is 0.0342. The van der Waals surface area contributed by atoms with Crippen LogP contribution in [0.1, 0.15) is 5.69 Å². The predicted octanol–water partition coefficient (Wildman–Crippen LogP) is 0.276. The van der Waals surface area contributed by atoms with Crippen LogP contribution in [0, 0.1) is 6.92 Å². The van der Waals surface area contributed by atoms with Crippen LogP contribution in [0.5, 0.6) is 0 Å². The second-order valence-electron chi connectivity index (χ2n) is 2.32. The molecule has 54 valence electrons. The molecule has 0 bridgehead atoms. The Morgan fingerprint density at radius 3 is 2.60 bits per heavy atom. The average Bonchev–Trinajstić information content (AvgIpc) is 1.82. The molecule has 0 saturated heterocycles. The minimum atomic E-state index is -0.0342. The Kier molecular flexibility index (Phi) is 1.49. The Labute approximate surface area is 59.1 Å². The molecule has 0 saturated carbocycles. The SMILES string of the molecule is Cc1cc(=O)cc(N)n1C. The number of anilines is 1. The highest BCUT2D eigenvalue weighted by Crippen LogP contribution is 1.98. The molecule has 1 rings (SSSR count). The van der Waals surface area contributed by atoms with E-state index in [4.69, 9.17) is 5.73 Å². The van der Waals surface area contributed by atoms with E-state index >= 15 is 0 Å². The zero-order chi connectivity index (χ0) is 7.72. The van der Waals surface area contributed by atoms with Gasteiger partial charge in [0.1, 0.15) is 5.82 Å². The van der Waals surface area contributed by atoms with Gasteiger partial charge in [0.15, 0.2) is 5.43 Å². The second-order valence-corrected chi connectivity index (χ2v) is 2.32. The molecule has 1 heterocycles. The van der Waals surface area contributed by atoms with Crippen molar-refractivity contribution < 1.29 is 0 Å². The molecule has 0 radical (unpaired) electrons. The quantitative estimate of drug-likeness (QED) is 0.559. The number of pyridine rings is 1. The van der Waals surface area contributed by atoms with Crippen LogP contribution in [0.2, 0.25) is 0 Å². The van der Waals surface area contributed by atoms with E-state index in [0.29, 0.717) is 5.82 Å². The zero-order valence-electron chi connectivity index (χ0n) is 6.09. The first kappa shape index (κ1) is 6.86. The lowest BCUT2D eigenvalue weighted by atomic mass is 10.3. The molecular formula is C7H10N2O. The molecule has 0 spiro atoms. The van der Waals surface area contributed by atoms with Gasteiger partial charge in [-0.05, 0) is 6.92 Å². The van der Waals surface area contributed by atoms with Crippen molar-refractivity contribution in [2.45, 2.75) is 6.92 Å². The van der Waals surface area contributed by atoms with Gasteiger partial charge < -0.3 is 10.3 Å². The Balaban J connectivity index is 3.46. The first-order valence-electron chi connectivity index (χ1n) is 3.04. The highest BCUT2D eigenvalue weighted by Gasteiger charge is 1.94. The molecule has 0 unspecified atom stereocenters. The van der Waals surface area contributed by atoms with E-state index in [1.807, 2.05) is 14.0 Å². The highest BCUT2D eigenvalue weighted by molar-refractivity contribution is 5.30. The highest BCUT2D eigenvalue weighted by atomic mass is 16.1. The monoisotopic (exact) mass is 138 g/mol. The first-order valence-corrected chi connectivity index (χ1v) is 3.04. The van der Waals surface area contributed by atoms with Crippen LogP contribution >= 0.6 is 0 Å². The molecule has 1 aromatic rings. The van der Waals surface area contributed by atoms with Crippen LogP contribution < -0.4 is 11.2 Å². The maximum atomic E-state index is 10.8. The maximum Gasteiger partial charge on any atom is 0.183 e. The molecule has 0 amide bonds. The van der Waals surface area contributed by atoms with Crippen molar-refractivity contribution in [2.75, 3.05) is 5.73 Å². The van der Waals surface area contributed by atoms with Crippen molar-refractivity contribution in [3.8, 4) is 0 Å². The van der Waals surface area contributed by atoms with Crippen LogP contribution in [-0.2, 0) is 7.05 Å². The van der Waals surface area contributed by atoms with Crippen LogP contribution in [0.15, 0.2) is 16.9 Å². The van der Waals surface area contributed by atoms with Crippen LogP contribution in [0.3, 0.4) is 0 Å². The van der Waals surface area contributed by atoms with Gasteiger partial charge in [-0.2, -0.15) is 0 Å². The number of aryl methyl sites for hydroxylation is 1. The van der Waals surface area contributed by atoms with Gasteiger partial charge in [-0.25, -0.2) is 0 Å². The summed E-state index contributed by atoms with van der Waals surface area (Å²) in [5.74, 6) is 0.505. The average molecular weight is 138 g/mol. The smallest absolute Gasteiger partial charge is 0.183 e. The summed E-state index contributed by atoms with van der Waals surface area (Å²) in [6.45, 7) is 1.84. The van der Waals surface area contributed by atoms with E-state index in [-0.39, 0.29) is 5.43 Å². The Morgan fingerprint density at radius 2 is 2.10 bits per heavy atom. The van der Waals surface area contributed by atoms with Gasteiger partial charge in [0.2, 0.25) is 0 Å². The number of rotatable bonds is 0. The van der Waals surface area contributed by atoms with E-state index in [2.05, 4.69) is 0 Å². The number of nitrogens with two attached hydrogens (primary N) is 1. The third-order valence-electron chi connectivity index (χ3n) is 1.56. The van der Waals surface area contributed by atoms with Crippen molar-refractivity contribution in [3.05, 3.63) is 28.0 Å². The van der Waals surface area contributed by atoms with Gasteiger partial charge in [-0.3, -0.25) is 4.79 Å². The largest absolute Gasteiger partial charge is 0.385 e. The van der Waals surface area contributed by atoms with Crippen molar-refractivity contribution in [1.29, 1.82) is 0 Å². The summed E-state index contributed by atoms with van der Waals surface area (Å²) in [7, 11) is 1.82. The zero-order valence-corrected chi connectivity index (χ0v) is 6.09. The Bertz CT molecular complexity index is 275. The third-order valence-corrected chi connectivity index (χ3v) is 1.56. The maximum absolute atomic E-state index is 10.8. The fraction of sp³-hybridized carbons (Fsp3) is 0.286. The van der Waals surface area contributed by atoms with Gasteiger partial charge in [0, 0.05) is 24.9 Å². The number of aromatic nitrogens is 1. The van der Waals surface area contributed by atoms with Gasteiger partial charge in [-0.1, -0.05) is 0 Å². The summed E-state index contributed by atoms with van der Waals surface area (Å²) in [5.41, 5.74) is 6.33. The number of hydrogen-bond donors (Lipinski definition) is 1. The third kappa shape index (κ3) is 1.03. The fourth-order valence-electron chi connectivity index (χ4n) is 0.791. The van der Waals surface area contributed by atoms with Crippen LogP contribution in [-0.4, -0.2) is 4.57 Å². The van der Waals surface area contributed by atoms with E-state index in [0.717, 1.165) is 5.69 Å². The van der Waals surface area contributed by atoms with E-state index < -0.39 is 0 Å². The molecule has 1 aromatic heterocycles. The summed E-state index contributed by atoms with van der Waals surface area (Å²) in [6.07, 6.45) is 0. The molecule has 0 aromatic carbocycles. The minimum Gasteiger partial charge on any atom is -0.385 e. The van der Waals surface area contributed by atoms with Crippen LogP contribution in [0.25, 0.3) is 0 Å². The summed E-state index contributed by atoms with van der Waals surface area (Å²) in [5, 5.41) is 0. The predicted molar refractivity (Wildman–Crippen MR) is 40.8 cm³/mol. The standard InChI is InChI=1S/C7H10N2O/c1-5-3-6(10)4-7(8)9(5)2/h3-4H,8H2,1-2H3. The summed E-state index contributed by atoms with van der Waals surface area (Å²) in [6, 6.07) is 2.96. The molecule has 0 aliphatic rings. The van der Waals surface area contributed by atoms with Gasteiger partial charge >= 0.3 is 0 Å². The summed E-state index contributed by atoms with van der Waals surface area (Å²) in [4.78, 5) is 10.8. The number of hydrogen-bond acceptors (Lipinski definition) is 2. The topological polar surface area (TPSA) is 48.0 Å². The Morgan fingerprint density at radius 1 is 1.50 bits per heavy atom. The van der Waals surface area contributed by atoms with E-state index in [9.17, 15) is 4.79 Å². The van der Waals surface area contributed by atoms with Crippen molar-refractivity contribution in [1.82, 2.24) is 4.57 Å². The molecule has 0 atom stereocenters. The molecule has 0 aliphatic heterocycles. The second kappa shape index (κ2) is 2.17. The lowest BCUT2D eigenvalue weighted by Crippen LogP contribution is -2.10. The lowest BCUT2D eigenvalue weighted by Gasteiger charge is -2.05. The fourth-order valence-corrected chi connectivity index (χ4v) is 0.791. The van der Waals surface area contributed by atoms with Crippen molar-refractivity contribution >= 4 is 5.82 Å². The van der Waals surface area contributed by atoms with E-state index in [1.165, 1.54) is 6.07 Å². The molecule has 3 heteroatoms. The van der Waals surface area contributed by atoms with Gasteiger partial charge in [0.25, 0.3) is 0 Å². The molecule has 0 aliphatic carbocycles. The van der Waals surface area contributed by atoms with Gasteiger partial charge in [-0.15, -0.1) is 0 Å². The molecule has 0 fully saturated rings. The number of nitrogen functional groups attached to an aromatic ring is 1. The molecule has 10 heavy (non-hydrogen) atoms. The van der Waals surface area contributed by atoms with Crippen LogP contribution in [0.4, 0.5) is 5.82 Å². The van der Waals surface area contributed by atoms with Crippen molar-refractivity contribution in [3.63, 3.8) is 0 Å². The lowest BCUT2D eigenvalue weighted by molar-refractivity contribution is 0.867. The summed E-state index contributed by atoms with van der Waals surface area (Å²) >= 11 is 0. The Hall–Kier alpha value is -1.25. The molecular weight excluding hydrogens is 128 g/mol. The van der Waals surface area contributed by atoms with E-state index in [1.54, 1.807) is 10.6 Å². The molecule has 3 nitrogen and oxygen atoms in total. The summed E-state index contributed by atoms with van der Waals surface area (Å²) < 4.78 is 1.77. The molecule has 2 N–H and O–H groups in total. The number of nitrogens with zero attached hydrogens (tertiary/aromatic N) is 1.